The van der Waals surface area contributed by atoms with Crippen molar-refractivity contribution in [3.63, 3.8) is 0 Å². The second-order valence-corrected chi connectivity index (χ2v) is 6.71. The molecular weight excluding hydrogens is 378 g/mol. The lowest BCUT2D eigenvalue weighted by Gasteiger charge is -2.14. The van der Waals surface area contributed by atoms with Gasteiger partial charge in [-0.25, -0.2) is 5.43 Å². The predicted octanol–water partition coefficient (Wildman–Crippen LogP) is 4.53. The molecule has 0 aliphatic carbocycles. The highest BCUT2D eigenvalue weighted by Gasteiger charge is 2.10. The Morgan fingerprint density at radius 2 is 1.67 bits per heavy atom. The van der Waals surface area contributed by atoms with Gasteiger partial charge in [-0.3, -0.25) is 4.79 Å². The van der Waals surface area contributed by atoms with Crippen LogP contribution in [0.25, 0.3) is 0 Å². The first-order valence-corrected chi connectivity index (χ1v) is 9.93. The molecule has 0 spiro atoms. The van der Waals surface area contributed by atoms with Crippen molar-refractivity contribution in [3.05, 3.63) is 83.9 Å². The minimum atomic E-state index is -0.218. The van der Waals surface area contributed by atoms with Crippen molar-refractivity contribution >= 4 is 17.3 Å². The van der Waals surface area contributed by atoms with E-state index < -0.39 is 0 Å². The number of amides is 1. The Bertz CT molecular complexity index is 961. The van der Waals surface area contributed by atoms with Crippen LogP contribution in [-0.4, -0.2) is 19.1 Å². The van der Waals surface area contributed by atoms with Crippen LogP contribution in [0.3, 0.4) is 0 Å². The van der Waals surface area contributed by atoms with Crippen molar-refractivity contribution in [2.45, 2.75) is 20.4 Å². The standard InChI is InChI=1S/C24H27N3O3/c1-3-29-23-15-19(16-25-27-20-10-5-4-6-11-20)13-14-22(23)30-17-24(28)26-21-12-8-7-9-18(21)2/h4-15,25,27H,3,16-17H2,1-2H3,(H,26,28). The minimum absolute atomic E-state index is 0.0957. The van der Waals surface area contributed by atoms with Gasteiger partial charge in [0.05, 0.1) is 6.61 Å². The largest absolute Gasteiger partial charge is 0.490 e. The lowest BCUT2D eigenvalue weighted by molar-refractivity contribution is -0.118. The summed E-state index contributed by atoms with van der Waals surface area (Å²) in [5, 5.41) is 2.86. The van der Waals surface area contributed by atoms with E-state index in [1.54, 1.807) is 0 Å². The van der Waals surface area contributed by atoms with Crippen molar-refractivity contribution in [3.8, 4) is 11.5 Å². The van der Waals surface area contributed by atoms with Crippen molar-refractivity contribution in [2.75, 3.05) is 24.0 Å². The van der Waals surface area contributed by atoms with E-state index in [0.29, 0.717) is 24.7 Å². The molecule has 30 heavy (non-hydrogen) atoms. The molecule has 0 radical (unpaired) electrons. The highest BCUT2D eigenvalue weighted by atomic mass is 16.5. The fraction of sp³-hybridized carbons (Fsp3) is 0.208. The van der Waals surface area contributed by atoms with Crippen LogP contribution in [0.2, 0.25) is 0 Å². The van der Waals surface area contributed by atoms with Crippen molar-refractivity contribution < 1.29 is 14.3 Å². The van der Waals surface area contributed by atoms with Crippen LogP contribution < -0.4 is 25.6 Å². The lowest BCUT2D eigenvalue weighted by Crippen LogP contribution is -2.21. The number of ether oxygens (including phenoxy) is 2. The van der Waals surface area contributed by atoms with Gasteiger partial charge in [0.2, 0.25) is 0 Å². The van der Waals surface area contributed by atoms with Gasteiger partial charge in [0.25, 0.3) is 5.91 Å². The zero-order valence-electron chi connectivity index (χ0n) is 17.3. The summed E-state index contributed by atoms with van der Waals surface area (Å²) in [6.45, 7) is 4.87. The number of para-hydroxylation sites is 2. The maximum absolute atomic E-state index is 12.3. The average Bonchev–Trinajstić information content (AvgIpc) is 2.76. The fourth-order valence-corrected chi connectivity index (χ4v) is 2.86. The molecule has 0 aliphatic heterocycles. The number of nitrogens with one attached hydrogen (secondary N) is 3. The molecular formula is C24H27N3O3. The summed E-state index contributed by atoms with van der Waals surface area (Å²) >= 11 is 0. The zero-order valence-corrected chi connectivity index (χ0v) is 17.3. The number of benzene rings is 3. The van der Waals surface area contributed by atoms with Crippen LogP contribution in [0.4, 0.5) is 11.4 Å². The number of hydrazine groups is 1. The van der Waals surface area contributed by atoms with Gasteiger partial charge in [0.15, 0.2) is 18.1 Å². The van der Waals surface area contributed by atoms with E-state index in [2.05, 4.69) is 16.2 Å². The number of hydrogen-bond acceptors (Lipinski definition) is 5. The summed E-state index contributed by atoms with van der Waals surface area (Å²) in [5.41, 5.74) is 10.1. The highest BCUT2D eigenvalue weighted by Crippen LogP contribution is 2.28. The summed E-state index contributed by atoms with van der Waals surface area (Å²) in [6, 6.07) is 23.2. The third-order valence-corrected chi connectivity index (χ3v) is 4.38. The molecule has 0 heterocycles. The van der Waals surface area contributed by atoms with Gasteiger partial charge in [-0.15, -0.1) is 0 Å². The summed E-state index contributed by atoms with van der Waals surface area (Å²) in [6.07, 6.45) is 0. The van der Waals surface area contributed by atoms with Crippen molar-refractivity contribution in [1.82, 2.24) is 5.43 Å². The SMILES string of the molecule is CCOc1cc(CNNc2ccccc2)ccc1OCC(=O)Nc1ccccc1C. The van der Waals surface area contributed by atoms with Gasteiger partial charge in [-0.2, -0.15) is 0 Å². The minimum Gasteiger partial charge on any atom is -0.490 e. The molecule has 3 N–H and O–H groups in total. The number of hydrogen-bond donors (Lipinski definition) is 3. The Kier molecular flexibility index (Phi) is 7.69. The third-order valence-electron chi connectivity index (χ3n) is 4.38. The van der Waals surface area contributed by atoms with Gasteiger partial charge >= 0.3 is 0 Å². The second-order valence-electron chi connectivity index (χ2n) is 6.71. The van der Waals surface area contributed by atoms with E-state index in [0.717, 1.165) is 22.5 Å². The first kappa shape index (κ1) is 21.2. The molecule has 3 aromatic rings. The van der Waals surface area contributed by atoms with Crippen LogP contribution in [-0.2, 0) is 11.3 Å². The molecule has 6 nitrogen and oxygen atoms in total. The molecule has 0 atom stereocenters. The van der Waals surface area contributed by atoms with E-state index in [1.165, 1.54) is 0 Å². The Morgan fingerprint density at radius 3 is 2.43 bits per heavy atom. The zero-order chi connectivity index (χ0) is 21.2. The monoisotopic (exact) mass is 405 g/mol. The second kappa shape index (κ2) is 10.9. The first-order chi connectivity index (χ1) is 14.7. The smallest absolute Gasteiger partial charge is 0.262 e. The summed E-state index contributed by atoms with van der Waals surface area (Å²) in [5.74, 6) is 0.932. The van der Waals surface area contributed by atoms with Crippen LogP contribution >= 0.6 is 0 Å². The van der Waals surface area contributed by atoms with Gasteiger partial charge in [-0.1, -0.05) is 42.5 Å². The number of carbonyl (C=O) groups excluding carboxylic acids is 1. The first-order valence-electron chi connectivity index (χ1n) is 9.93. The molecule has 0 unspecified atom stereocenters. The Balaban J connectivity index is 1.56. The van der Waals surface area contributed by atoms with Gasteiger partial charge in [0.1, 0.15) is 0 Å². The molecule has 3 aromatic carbocycles. The quantitative estimate of drug-likeness (QED) is 0.432. The van der Waals surface area contributed by atoms with E-state index in [4.69, 9.17) is 9.47 Å². The van der Waals surface area contributed by atoms with Crippen molar-refractivity contribution in [1.29, 1.82) is 0 Å². The molecule has 3 rings (SSSR count). The molecule has 0 bridgehead atoms. The molecule has 6 heteroatoms. The van der Waals surface area contributed by atoms with E-state index in [-0.39, 0.29) is 12.5 Å². The molecule has 0 aliphatic rings. The van der Waals surface area contributed by atoms with Crippen LogP contribution in [0.5, 0.6) is 11.5 Å². The summed E-state index contributed by atoms with van der Waals surface area (Å²) < 4.78 is 11.4. The van der Waals surface area contributed by atoms with E-state index in [9.17, 15) is 4.79 Å². The maximum Gasteiger partial charge on any atom is 0.262 e. The molecule has 0 saturated heterocycles. The summed E-state index contributed by atoms with van der Waals surface area (Å²) in [4.78, 5) is 12.3. The molecule has 0 aromatic heterocycles. The molecule has 0 fully saturated rings. The third kappa shape index (κ3) is 6.25. The van der Waals surface area contributed by atoms with Crippen LogP contribution in [0.1, 0.15) is 18.1 Å². The topological polar surface area (TPSA) is 71.6 Å². The predicted molar refractivity (Wildman–Crippen MR) is 120 cm³/mol. The number of carbonyl (C=O) groups is 1. The fourth-order valence-electron chi connectivity index (χ4n) is 2.86. The number of anilines is 2. The van der Waals surface area contributed by atoms with Gasteiger partial charge in [0, 0.05) is 17.9 Å². The molecule has 1 amide bonds. The van der Waals surface area contributed by atoms with E-state index >= 15 is 0 Å². The Labute approximate surface area is 177 Å². The number of aryl methyl sites for hydroxylation is 1. The number of rotatable bonds is 10. The van der Waals surface area contributed by atoms with Crippen LogP contribution in [0.15, 0.2) is 72.8 Å². The normalized spacial score (nSPS) is 10.3. The van der Waals surface area contributed by atoms with Gasteiger partial charge < -0.3 is 20.2 Å². The van der Waals surface area contributed by atoms with Gasteiger partial charge in [-0.05, 0) is 55.3 Å². The lowest BCUT2D eigenvalue weighted by atomic mass is 10.2. The maximum atomic E-state index is 12.3. The van der Waals surface area contributed by atoms with Crippen molar-refractivity contribution in [2.24, 2.45) is 0 Å². The Morgan fingerprint density at radius 1 is 0.900 bits per heavy atom. The Hall–Kier alpha value is -3.51. The van der Waals surface area contributed by atoms with Crippen LogP contribution in [0, 0.1) is 6.92 Å². The molecule has 156 valence electrons. The summed E-state index contributed by atoms with van der Waals surface area (Å²) in [7, 11) is 0. The molecule has 0 saturated carbocycles. The highest BCUT2D eigenvalue weighted by molar-refractivity contribution is 5.92. The van der Waals surface area contributed by atoms with E-state index in [1.807, 2.05) is 86.6 Å². The average molecular weight is 405 g/mol.